The third-order valence-corrected chi connectivity index (χ3v) is 2.31. The van der Waals surface area contributed by atoms with Crippen molar-refractivity contribution in [1.82, 2.24) is 10.3 Å². The van der Waals surface area contributed by atoms with Crippen molar-refractivity contribution in [2.24, 2.45) is 0 Å². The van der Waals surface area contributed by atoms with Crippen molar-refractivity contribution in [2.75, 3.05) is 26.9 Å². The van der Waals surface area contributed by atoms with E-state index in [4.69, 9.17) is 14.2 Å². The average molecular weight is 282 g/mol. The summed E-state index contributed by atoms with van der Waals surface area (Å²) in [4.78, 5) is 15.5. The van der Waals surface area contributed by atoms with Gasteiger partial charge < -0.3 is 19.5 Å². The van der Waals surface area contributed by atoms with Gasteiger partial charge in [-0.3, -0.25) is 4.98 Å². The normalized spacial score (nSPS) is 10.6. The van der Waals surface area contributed by atoms with Crippen molar-refractivity contribution in [2.45, 2.75) is 26.5 Å². The van der Waals surface area contributed by atoms with Crippen LogP contribution in [0.3, 0.4) is 0 Å². The maximum absolute atomic E-state index is 11.3. The molecule has 6 heteroatoms. The Morgan fingerprint density at radius 3 is 2.80 bits per heavy atom. The van der Waals surface area contributed by atoms with Gasteiger partial charge in [-0.2, -0.15) is 0 Å². The summed E-state index contributed by atoms with van der Waals surface area (Å²) in [7, 11) is 1.66. The summed E-state index contributed by atoms with van der Waals surface area (Å²) in [5.41, 5.74) is 0.901. The molecule has 112 valence electrons. The second-order valence-corrected chi connectivity index (χ2v) is 4.48. The minimum Gasteiger partial charge on any atom is -0.480 e. The maximum Gasteiger partial charge on any atom is 0.344 e. The molecular weight excluding hydrogens is 260 g/mol. The lowest BCUT2D eigenvalue weighted by molar-refractivity contribution is -0.149. The van der Waals surface area contributed by atoms with Gasteiger partial charge in [-0.05, 0) is 26.0 Å². The van der Waals surface area contributed by atoms with Gasteiger partial charge >= 0.3 is 5.97 Å². The highest BCUT2D eigenvalue weighted by Gasteiger charge is 2.06. The minimum absolute atomic E-state index is 0.106. The molecule has 1 N–H and O–H groups in total. The fourth-order valence-electron chi connectivity index (χ4n) is 1.43. The number of nitrogens with one attached hydrogen (secondary N) is 1. The van der Waals surface area contributed by atoms with E-state index in [0.29, 0.717) is 18.9 Å². The molecule has 20 heavy (non-hydrogen) atoms. The van der Waals surface area contributed by atoms with Crippen molar-refractivity contribution in [3.05, 3.63) is 24.0 Å². The Morgan fingerprint density at radius 2 is 2.20 bits per heavy atom. The van der Waals surface area contributed by atoms with E-state index < -0.39 is 0 Å². The number of esters is 1. The molecule has 6 nitrogen and oxygen atoms in total. The largest absolute Gasteiger partial charge is 0.480 e. The quantitative estimate of drug-likeness (QED) is 0.541. The third-order valence-electron chi connectivity index (χ3n) is 2.31. The zero-order valence-corrected chi connectivity index (χ0v) is 12.2. The van der Waals surface area contributed by atoms with Crippen molar-refractivity contribution < 1.29 is 19.0 Å². The maximum atomic E-state index is 11.3. The van der Waals surface area contributed by atoms with Crippen LogP contribution >= 0.6 is 0 Å². The second-order valence-electron chi connectivity index (χ2n) is 4.48. The number of methoxy groups -OCH3 is 1. The Bertz CT molecular complexity index is 393. The van der Waals surface area contributed by atoms with Gasteiger partial charge in [0.25, 0.3) is 0 Å². The fourth-order valence-corrected chi connectivity index (χ4v) is 1.43. The van der Waals surface area contributed by atoms with Crippen LogP contribution in [0.2, 0.25) is 0 Å². The fraction of sp³-hybridized carbons (Fsp3) is 0.571. The molecule has 0 atom stereocenters. The number of nitrogens with zero attached hydrogens (tertiary/aromatic N) is 1. The number of carbonyl (C=O) groups is 1. The van der Waals surface area contributed by atoms with E-state index in [2.05, 4.69) is 10.3 Å². The van der Waals surface area contributed by atoms with Gasteiger partial charge in [0.1, 0.15) is 5.75 Å². The van der Waals surface area contributed by atoms with Crippen LogP contribution in [0.15, 0.2) is 18.3 Å². The summed E-state index contributed by atoms with van der Waals surface area (Å²) >= 11 is 0. The van der Waals surface area contributed by atoms with Gasteiger partial charge in [-0.15, -0.1) is 0 Å². The molecule has 1 aromatic rings. The van der Waals surface area contributed by atoms with Gasteiger partial charge in [0, 0.05) is 20.2 Å². The van der Waals surface area contributed by atoms with E-state index in [1.54, 1.807) is 33.2 Å². The summed E-state index contributed by atoms with van der Waals surface area (Å²) in [5.74, 6) is 0.164. The zero-order chi connectivity index (χ0) is 14.8. The first-order chi connectivity index (χ1) is 9.61. The Hall–Kier alpha value is -1.66. The van der Waals surface area contributed by atoms with Gasteiger partial charge in [0.05, 0.1) is 24.6 Å². The first-order valence-electron chi connectivity index (χ1n) is 6.58. The summed E-state index contributed by atoms with van der Waals surface area (Å²) in [5, 5.41) is 3.19. The Kier molecular flexibility index (Phi) is 7.60. The van der Waals surface area contributed by atoms with Crippen LogP contribution in [-0.4, -0.2) is 43.9 Å². The Labute approximate surface area is 119 Å². The number of hydrogen-bond acceptors (Lipinski definition) is 6. The molecule has 0 unspecified atom stereocenters. The monoisotopic (exact) mass is 282 g/mol. The Morgan fingerprint density at radius 1 is 1.40 bits per heavy atom. The Balaban J connectivity index is 2.29. The van der Waals surface area contributed by atoms with E-state index in [-0.39, 0.29) is 18.7 Å². The van der Waals surface area contributed by atoms with E-state index in [1.165, 1.54) is 0 Å². The van der Waals surface area contributed by atoms with Crippen LogP contribution < -0.4 is 10.1 Å². The molecule has 0 aliphatic carbocycles. The summed E-state index contributed by atoms with van der Waals surface area (Å²) in [6.07, 6.45) is 1.46. The van der Waals surface area contributed by atoms with Crippen LogP contribution in [0.4, 0.5) is 0 Å². The topological polar surface area (TPSA) is 69.7 Å². The van der Waals surface area contributed by atoms with Crippen LogP contribution in [0.5, 0.6) is 5.75 Å². The molecule has 1 rings (SSSR count). The first-order valence-corrected chi connectivity index (χ1v) is 6.58. The van der Waals surface area contributed by atoms with Gasteiger partial charge in [0.2, 0.25) is 0 Å². The molecule has 0 amide bonds. The molecule has 0 spiro atoms. The molecule has 1 heterocycles. The van der Waals surface area contributed by atoms with Crippen LogP contribution in [0.25, 0.3) is 0 Å². The molecule has 0 aliphatic heterocycles. The average Bonchev–Trinajstić information content (AvgIpc) is 2.42. The molecule has 0 fully saturated rings. The molecular formula is C14H22N2O4. The van der Waals surface area contributed by atoms with Crippen LogP contribution in [0.1, 0.15) is 19.5 Å². The smallest absolute Gasteiger partial charge is 0.344 e. The standard InChI is InChI=1S/C14H22N2O4/c1-11(2)20-14(17)10-19-13-5-4-12(16-9-13)8-15-6-7-18-3/h4-5,9,11,15H,6-8,10H2,1-3H3. The second kappa shape index (κ2) is 9.28. The van der Waals surface area contributed by atoms with Crippen molar-refractivity contribution in [3.8, 4) is 5.75 Å². The molecule has 0 saturated carbocycles. The van der Waals surface area contributed by atoms with Gasteiger partial charge in [-0.1, -0.05) is 0 Å². The van der Waals surface area contributed by atoms with E-state index in [1.807, 2.05) is 6.07 Å². The van der Waals surface area contributed by atoms with Crippen LogP contribution in [-0.2, 0) is 20.8 Å². The summed E-state index contributed by atoms with van der Waals surface area (Å²) in [6.45, 7) is 5.59. The SMILES string of the molecule is COCCNCc1ccc(OCC(=O)OC(C)C)cn1. The number of hydrogen-bond donors (Lipinski definition) is 1. The number of ether oxygens (including phenoxy) is 3. The number of carbonyl (C=O) groups excluding carboxylic acids is 1. The third kappa shape index (κ3) is 7.06. The lowest BCUT2D eigenvalue weighted by Gasteiger charge is -2.09. The molecule has 0 aliphatic rings. The molecule has 0 aromatic carbocycles. The molecule has 0 radical (unpaired) electrons. The van der Waals surface area contributed by atoms with Gasteiger partial charge in [0.15, 0.2) is 6.61 Å². The lowest BCUT2D eigenvalue weighted by atomic mass is 10.3. The number of pyridine rings is 1. The lowest BCUT2D eigenvalue weighted by Crippen LogP contribution is -2.19. The number of aromatic nitrogens is 1. The van der Waals surface area contributed by atoms with Crippen molar-refractivity contribution >= 4 is 5.97 Å². The first kappa shape index (κ1) is 16.4. The predicted octanol–water partition coefficient (Wildman–Crippen LogP) is 1.15. The highest BCUT2D eigenvalue weighted by Crippen LogP contribution is 2.09. The highest BCUT2D eigenvalue weighted by molar-refractivity contribution is 5.71. The molecule has 0 bridgehead atoms. The summed E-state index contributed by atoms with van der Waals surface area (Å²) in [6, 6.07) is 3.63. The molecule has 1 aromatic heterocycles. The predicted molar refractivity (Wildman–Crippen MR) is 74.5 cm³/mol. The number of rotatable bonds is 9. The highest BCUT2D eigenvalue weighted by atomic mass is 16.6. The molecule has 0 saturated heterocycles. The van der Waals surface area contributed by atoms with Crippen molar-refractivity contribution in [3.63, 3.8) is 0 Å². The van der Waals surface area contributed by atoms with Crippen molar-refractivity contribution in [1.29, 1.82) is 0 Å². The minimum atomic E-state index is -0.384. The van der Waals surface area contributed by atoms with E-state index >= 15 is 0 Å². The van der Waals surface area contributed by atoms with Gasteiger partial charge in [-0.25, -0.2) is 4.79 Å². The van der Waals surface area contributed by atoms with E-state index in [9.17, 15) is 4.79 Å². The zero-order valence-electron chi connectivity index (χ0n) is 12.2. The summed E-state index contributed by atoms with van der Waals surface area (Å²) < 4.78 is 15.2. The van der Waals surface area contributed by atoms with Crippen LogP contribution in [0, 0.1) is 0 Å². The van der Waals surface area contributed by atoms with E-state index in [0.717, 1.165) is 12.2 Å².